The number of hydrogen-bond donors (Lipinski definition) is 4. The third-order valence-electron chi connectivity index (χ3n) is 1.73. The summed E-state index contributed by atoms with van der Waals surface area (Å²) in [6.07, 6.45) is 2.68. The predicted octanol–water partition coefficient (Wildman–Crippen LogP) is -0.947. The first kappa shape index (κ1) is 7.63. The summed E-state index contributed by atoms with van der Waals surface area (Å²) in [5, 5.41) is 11.9. The van der Waals surface area contributed by atoms with E-state index >= 15 is 0 Å². The SMILES string of the molecule is OC1NNC(c2ccncc2)N1. The Morgan fingerprint density at radius 3 is 2.58 bits per heavy atom. The molecule has 2 unspecified atom stereocenters. The van der Waals surface area contributed by atoms with Crippen LogP contribution in [-0.4, -0.2) is 16.4 Å². The van der Waals surface area contributed by atoms with Gasteiger partial charge in [-0.05, 0) is 17.7 Å². The molecule has 0 saturated carbocycles. The summed E-state index contributed by atoms with van der Waals surface area (Å²) in [6.45, 7) is 0. The van der Waals surface area contributed by atoms with E-state index in [0.717, 1.165) is 5.56 Å². The molecule has 1 fully saturated rings. The second-order valence-electron chi connectivity index (χ2n) is 2.57. The highest BCUT2D eigenvalue weighted by molar-refractivity contribution is 5.14. The molecule has 0 spiro atoms. The number of aromatic nitrogens is 1. The first-order valence-corrected chi connectivity index (χ1v) is 3.71. The third-order valence-corrected chi connectivity index (χ3v) is 1.73. The number of hydrazine groups is 1. The van der Waals surface area contributed by atoms with Crippen molar-refractivity contribution in [1.82, 2.24) is 21.2 Å². The second kappa shape index (κ2) is 3.16. The van der Waals surface area contributed by atoms with E-state index in [1.54, 1.807) is 12.4 Å². The number of hydrogen-bond acceptors (Lipinski definition) is 5. The fraction of sp³-hybridized carbons (Fsp3) is 0.286. The lowest BCUT2D eigenvalue weighted by atomic mass is 10.2. The van der Waals surface area contributed by atoms with Crippen LogP contribution >= 0.6 is 0 Å². The van der Waals surface area contributed by atoms with Crippen LogP contribution in [0.1, 0.15) is 11.7 Å². The molecule has 1 aliphatic heterocycles. The topological polar surface area (TPSA) is 69.2 Å². The molecule has 12 heavy (non-hydrogen) atoms. The van der Waals surface area contributed by atoms with E-state index in [1.165, 1.54) is 0 Å². The molecule has 1 aliphatic rings. The molecular formula is C7H10N4O. The largest absolute Gasteiger partial charge is 0.364 e. The van der Waals surface area contributed by atoms with Crippen LogP contribution in [-0.2, 0) is 0 Å². The van der Waals surface area contributed by atoms with Crippen molar-refractivity contribution in [2.45, 2.75) is 12.5 Å². The lowest BCUT2D eigenvalue weighted by Gasteiger charge is -2.08. The van der Waals surface area contributed by atoms with Crippen LogP contribution in [0.4, 0.5) is 0 Å². The van der Waals surface area contributed by atoms with Crippen molar-refractivity contribution < 1.29 is 5.11 Å². The summed E-state index contributed by atoms with van der Waals surface area (Å²) in [7, 11) is 0. The van der Waals surface area contributed by atoms with E-state index in [9.17, 15) is 0 Å². The van der Waals surface area contributed by atoms with Crippen LogP contribution < -0.4 is 16.2 Å². The van der Waals surface area contributed by atoms with Gasteiger partial charge >= 0.3 is 0 Å². The van der Waals surface area contributed by atoms with Crippen LogP contribution in [0.25, 0.3) is 0 Å². The first-order valence-electron chi connectivity index (χ1n) is 3.71. The lowest BCUT2D eigenvalue weighted by molar-refractivity contribution is 0.130. The molecule has 4 N–H and O–H groups in total. The Hall–Kier alpha value is -1.01. The van der Waals surface area contributed by atoms with Gasteiger partial charge in [-0.2, -0.15) is 0 Å². The van der Waals surface area contributed by atoms with Crippen molar-refractivity contribution in [1.29, 1.82) is 0 Å². The van der Waals surface area contributed by atoms with Crippen molar-refractivity contribution in [3.05, 3.63) is 30.1 Å². The zero-order valence-corrected chi connectivity index (χ0v) is 6.36. The van der Waals surface area contributed by atoms with E-state index in [0.29, 0.717) is 0 Å². The van der Waals surface area contributed by atoms with Gasteiger partial charge in [-0.15, -0.1) is 0 Å². The van der Waals surface area contributed by atoms with Crippen molar-refractivity contribution in [2.75, 3.05) is 0 Å². The average molecular weight is 166 g/mol. The minimum absolute atomic E-state index is 0.0528. The maximum atomic E-state index is 9.06. The second-order valence-corrected chi connectivity index (χ2v) is 2.57. The van der Waals surface area contributed by atoms with Gasteiger partial charge in [-0.1, -0.05) is 0 Å². The van der Waals surface area contributed by atoms with Gasteiger partial charge in [-0.3, -0.25) is 10.3 Å². The van der Waals surface area contributed by atoms with Crippen LogP contribution in [0.5, 0.6) is 0 Å². The van der Waals surface area contributed by atoms with Gasteiger partial charge in [0.05, 0.1) is 6.17 Å². The highest BCUT2D eigenvalue weighted by atomic mass is 16.3. The van der Waals surface area contributed by atoms with Crippen LogP contribution in [0.2, 0.25) is 0 Å². The van der Waals surface area contributed by atoms with Crippen molar-refractivity contribution in [2.24, 2.45) is 0 Å². The molecule has 0 radical (unpaired) electrons. The molecular weight excluding hydrogens is 156 g/mol. The van der Waals surface area contributed by atoms with E-state index in [4.69, 9.17) is 5.11 Å². The molecule has 5 heteroatoms. The summed E-state index contributed by atoms with van der Waals surface area (Å²) >= 11 is 0. The van der Waals surface area contributed by atoms with E-state index in [-0.39, 0.29) is 6.17 Å². The van der Waals surface area contributed by atoms with Gasteiger partial charge in [0.25, 0.3) is 0 Å². The number of rotatable bonds is 1. The van der Waals surface area contributed by atoms with Crippen LogP contribution in [0.3, 0.4) is 0 Å². The van der Waals surface area contributed by atoms with Crippen LogP contribution in [0.15, 0.2) is 24.5 Å². The van der Waals surface area contributed by atoms with Crippen molar-refractivity contribution in [3.63, 3.8) is 0 Å². The maximum Gasteiger partial charge on any atom is 0.174 e. The number of nitrogens with zero attached hydrogens (tertiary/aromatic N) is 1. The smallest absolute Gasteiger partial charge is 0.174 e. The fourth-order valence-electron chi connectivity index (χ4n) is 1.14. The molecule has 1 saturated heterocycles. The number of aliphatic hydroxyl groups is 1. The predicted molar refractivity (Wildman–Crippen MR) is 42.4 cm³/mol. The van der Waals surface area contributed by atoms with Gasteiger partial charge in [0.1, 0.15) is 0 Å². The third kappa shape index (κ3) is 1.44. The normalized spacial score (nSPS) is 29.1. The Bertz CT molecular complexity index is 253. The van der Waals surface area contributed by atoms with Gasteiger partial charge in [0.2, 0.25) is 0 Å². The number of pyridine rings is 1. The monoisotopic (exact) mass is 166 g/mol. The molecule has 64 valence electrons. The fourth-order valence-corrected chi connectivity index (χ4v) is 1.14. The van der Waals surface area contributed by atoms with E-state index in [1.807, 2.05) is 12.1 Å². The van der Waals surface area contributed by atoms with Crippen molar-refractivity contribution >= 4 is 0 Å². The summed E-state index contributed by atoms with van der Waals surface area (Å²) in [5.41, 5.74) is 6.56. The minimum atomic E-state index is -0.692. The molecule has 0 bridgehead atoms. The van der Waals surface area contributed by atoms with Gasteiger partial charge in [-0.25, -0.2) is 10.9 Å². The summed E-state index contributed by atoms with van der Waals surface area (Å²) in [4.78, 5) is 3.90. The highest BCUT2D eigenvalue weighted by Gasteiger charge is 2.20. The standard InChI is InChI=1S/C7H10N4O/c12-7-9-6(10-11-7)5-1-3-8-4-2-5/h1-4,6-7,9-12H. The highest BCUT2D eigenvalue weighted by Crippen LogP contribution is 2.09. The summed E-state index contributed by atoms with van der Waals surface area (Å²) in [6, 6.07) is 3.76. The van der Waals surface area contributed by atoms with Crippen molar-refractivity contribution in [3.8, 4) is 0 Å². The Kier molecular flexibility index (Phi) is 2.01. The molecule has 1 aromatic heterocycles. The first-order chi connectivity index (χ1) is 5.86. The Morgan fingerprint density at radius 2 is 2.00 bits per heavy atom. The lowest BCUT2D eigenvalue weighted by Crippen LogP contribution is -2.32. The number of nitrogens with one attached hydrogen (secondary N) is 3. The molecule has 0 aromatic carbocycles. The van der Waals surface area contributed by atoms with Crippen LogP contribution in [0, 0.1) is 0 Å². The molecule has 2 rings (SSSR count). The van der Waals surface area contributed by atoms with E-state index < -0.39 is 6.35 Å². The molecule has 2 atom stereocenters. The molecule has 0 amide bonds. The molecule has 5 nitrogen and oxygen atoms in total. The quantitative estimate of drug-likeness (QED) is 0.433. The molecule has 0 aliphatic carbocycles. The van der Waals surface area contributed by atoms with E-state index in [2.05, 4.69) is 21.2 Å². The summed E-state index contributed by atoms with van der Waals surface area (Å²) < 4.78 is 0. The Labute approximate surface area is 69.8 Å². The minimum Gasteiger partial charge on any atom is -0.364 e. The summed E-state index contributed by atoms with van der Waals surface area (Å²) in [5.74, 6) is 0. The average Bonchev–Trinajstić information content (AvgIpc) is 2.54. The number of aliphatic hydroxyl groups excluding tert-OH is 1. The Morgan fingerprint density at radius 1 is 1.25 bits per heavy atom. The van der Waals surface area contributed by atoms with Gasteiger partial charge in [0, 0.05) is 12.4 Å². The van der Waals surface area contributed by atoms with Gasteiger partial charge < -0.3 is 5.11 Å². The molecule has 1 aromatic rings. The molecule has 2 heterocycles. The zero-order valence-electron chi connectivity index (χ0n) is 6.36. The Balaban J connectivity index is 2.11. The van der Waals surface area contributed by atoms with Gasteiger partial charge in [0.15, 0.2) is 6.35 Å². The maximum absolute atomic E-state index is 9.06. The zero-order chi connectivity index (χ0) is 8.39.